The molecule has 6 heteroatoms. The van der Waals surface area contributed by atoms with Gasteiger partial charge in [-0.05, 0) is 36.3 Å². The Morgan fingerprint density at radius 1 is 1.29 bits per heavy atom. The summed E-state index contributed by atoms with van der Waals surface area (Å²) < 4.78 is 11.1. The van der Waals surface area contributed by atoms with Crippen LogP contribution in [0.4, 0.5) is 5.69 Å². The van der Waals surface area contributed by atoms with Crippen molar-refractivity contribution < 1.29 is 14.3 Å². The van der Waals surface area contributed by atoms with Crippen molar-refractivity contribution in [2.24, 2.45) is 0 Å². The van der Waals surface area contributed by atoms with Crippen LogP contribution in [0.15, 0.2) is 28.5 Å². The fourth-order valence-corrected chi connectivity index (χ4v) is 3.50. The van der Waals surface area contributed by atoms with Crippen LogP contribution in [-0.4, -0.2) is 25.4 Å². The Balaban J connectivity index is 1.91. The third-order valence-electron chi connectivity index (χ3n) is 3.18. The molecule has 4 nitrogen and oxygen atoms in total. The molecule has 0 bridgehead atoms. The predicted molar refractivity (Wildman–Crippen MR) is 86.2 cm³/mol. The SMILES string of the molecule is CSc1cc2c(cc1NC(=O)c1sccc1C)OCCO2. The van der Waals surface area contributed by atoms with Gasteiger partial charge in [-0.1, -0.05) is 0 Å². The predicted octanol–water partition coefficient (Wildman–Crippen LogP) is 3.80. The van der Waals surface area contributed by atoms with E-state index in [0.29, 0.717) is 19.0 Å². The molecule has 3 rings (SSSR count). The van der Waals surface area contributed by atoms with Crippen molar-refractivity contribution in [1.82, 2.24) is 0 Å². The van der Waals surface area contributed by atoms with Gasteiger partial charge in [0.25, 0.3) is 5.91 Å². The lowest BCUT2D eigenvalue weighted by Crippen LogP contribution is -2.17. The molecule has 0 unspecified atom stereocenters. The highest BCUT2D eigenvalue weighted by atomic mass is 32.2. The van der Waals surface area contributed by atoms with E-state index in [2.05, 4.69) is 5.32 Å². The summed E-state index contributed by atoms with van der Waals surface area (Å²) >= 11 is 3.01. The average Bonchev–Trinajstić information content (AvgIpc) is 2.92. The highest BCUT2D eigenvalue weighted by Crippen LogP contribution is 2.39. The lowest BCUT2D eigenvalue weighted by molar-refractivity contribution is 0.102. The minimum absolute atomic E-state index is 0.0884. The lowest BCUT2D eigenvalue weighted by atomic mass is 10.2. The molecular weight excluding hydrogens is 306 g/mol. The molecular formula is C15H15NO3S2. The minimum Gasteiger partial charge on any atom is -0.486 e. The third kappa shape index (κ3) is 2.87. The fraction of sp³-hybridized carbons (Fsp3) is 0.267. The molecule has 1 aliphatic rings. The molecule has 0 atom stereocenters. The number of ether oxygens (including phenoxy) is 2. The molecule has 0 spiro atoms. The molecule has 21 heavy (non-hydrogen) atoms. The van der Waals surface area contributed by atoms with Crippen molar-refractivity contribution in [3.05, 3.63) is 34.0 Å². The van der Waals surface area contributed by atoms with Gasteiger partial charge in [0.15, 0.2) is 11.5 Å². The van der Waals surface area contributed by atoms with Crippen LogP contribution >= 0.6 is 23.1 Å². The number of hydrogen-bond donors (Lipinski definition) is 1. The number of thiophene rings is 1. The van der Waals surface area contributed by atoms with Gasteiger partial charge in [-0.15, -0.1) is 23.1 Å². The Hall–Kier alpha value is -1.66. The van der Waals surface area contributed by atoms with Crippen LogP contribution in [0.3, 0.4) is 0 Å². The number of fused-ring (bicyclic) bond motifs is 1. The number of anilines is 1. The maximum Gasteiger partial charge on any atom is 0.266 e. The first kappa shape index (κ1) is 14.3. The summed E-state index contributed by atoms with van der Waals surface area (Å²) in [6.45, 7) is 3.02. The summed E-state index contributed by atoms with van der Waals surface area (Å²) in [6.07, 6.45) is 1.97. The minimum atomic E-state index is -0.0884. The molecule has 2 heterocycles. The van der Waals surface area contributed by atoms with E-state index in [1.165, 1.54) is 11.3 Å². The molecule has 1 N–H and O–H groups in total. The molecule has 1 aliphatic heterocycles. The third-order valence-corrected chi connectivity index (χ3v) is 4.97. The smallest absolute Gasteiger partial charge is 0.266 e. The summed E-state index contributed by atoms with van der Waals surface area (Å²) in [4.78, 5) is 14.0. The second-order valence-corrected chi connectivity index (χ2v) is 6.35. The Morgan fingerprint density at radius 2 is 2.00 bits per heavy atom. The first-order chi connectivity index (χ1) is 10.2. The van der Waals surface area contributed by atoms with E-state index in [0.717, 1.165) is 26.8 Å². The number of amides is 1. The van der Waals surface area contributed by atoms with Gasteiger partial charge in [0.1, 0.15) is 13.2 Å². The number of aryl methyl sites for hydroxylation is 1. The van der Waals surface area contributed by atoms with Crippen LogP contribution in [0.1, 0.15) is 15.2 Å². The number of carbonyl (C=O) groups excluding carboxylic acids is 1. The largest absolute Gasteiger partial charge is 0.486 e. The summed E-state index contributed by atoms with van der Waals surface area (Å²) in [7, 11) is 0. The number of hydrogen-bond acceptors (Lipinski definition) is 5. The molecule has 1 aromatic heterocycles. The molecule has 0 fully saturated rings. The van der Waals surface area contributed by atoms with Crippen molar-refractivity contribution in [1.29, 1.82) is 0 Å². The van der Waals surface area contributed by atoms with Gasteiger partial charge in [0, 0.05) is 11.0 Å². The Kier molecular flexibility index (Phi) is 4.07. The number of benzene rings is 1. The number of rotatable bonds is 3. The van der Waals surface area contributed by atoms with Crippen LogP contribution in [-0.2, 0) is 0 Å². The maximum absolute atomic E-state index is 12.4. The van der Waals surface area contributed by atoms with Gasteiger partial charge in [-0.25, -0.2) is 0 Å². The molecule has 0 saturated heterocycles. The van der Waals surface area contributed by atoms with E-state index >= 15 is 0 Å². The Labute approximate surface area is 131 Å². The van der Waals surface area contributed by atoms with Crippen molar-refractivity contribution in [2.45, 2.75) is 11.8 Å². The topological polar surface area (TPSA) is 47.6 Å². The monoisotopic (exact) mass is 321 g/mol. The summed E-state index contributed by atoms with van der Waals surface area (Å²) in [5, 5.41) is 4.89. The quantitative estimate of drug-likeness (QED) is 0.874. The van der Waals surface area contributed by atoms with Crippen molar-refractivity contribution in [2.75, 3.05) is 24.8 Å². The highest BCUT2D eigenvalue weighted by molar-refractivity contribution is 7.98. The van der Waals surface area contributed by atoms with E-state index in [1.807, 2.05) is 36.8 Å². The van der Waals surface area contributed by atoms with E-state index in [-0.39, 0.29) is 5.91 Å². The Morgan fingerprint density at radius 3 is 2.62 bits per heavy atom. The normalized spacial score (nSPS) is 13.0. The zero-order chi connectivity index (χ0) is 14.8. The molecule has 2 aromatic rings. The van der Waals surface area contributed by atoms with Gasteiger partial charge in [-0.3, -0.25) is 4.79 Å². The van der Waals surface area contributed by atoms with Crippen LogP contribution < -0.4 is 14.8 Å². The standard InChI is InChI=1S/C15H15NO3S2/c1-9-3-6-21-14(9)15(17)16-10-7-11-12(8-13(10)20-2)19-5-4-18-11/h3,6-8H,4-5H2,1-2H3,(H,16,17). The number of thioether (sulfide) groups is 1. The zero-order valence-electron chi connectivity index (χ0n) is 11.8. The van der Waals surface area contributed by atoms with Crippen LogP contribution in [0.2, 0.25) is 0 Å². The summed E-state index contributed by atoms with van der Waals surface area (Å²) in [5.41, 5.74) is 1.74. The van der Waals surface area contributed by atoms with Crippen molar-refractivity contribution >= 4 is 34.7 Å². The molecule has 1 aromatic carbocycles. The molecule has 0 radical (unpaired) electrons. The molecule has 0 aliphatic carbocycles. The molecule has 1 amide bonds. The second-order valence-electron chi connectivity index (χ2n) is 4.58. The van der Waals surface area contributed by atoms with Gasteiger partial charge in [0.2, 0.25) is 0 Å². The fourth-order valence-electron chi connectivity index (χ4n) is 2.12. The number of nitrogens with one attached hydrogen (secondary N) is 1. The lowest BCUT2D eigenvalue weighted by Gasteiger charge is -2.20. The van der Waals surface area contributed by atoms with Crippen molar-refractivity contribution in [3.63, 3.8) is 0 Å². The van der Waals surface area contributed by atoms with E-state index in [1.54, 1.807) is 11.8 Å². The summed E-state index contributed by atoms with van der Waals surface area (Å²) in [6, 6.07) is 5.69. The van der Waals surface area contributed by atoms with Crippen LogP contribution in [0.5, 0.6) is 11.5 Å². The van der Waals surface area contributed by atoms with Gasteiger partial charge < -0.3 is 14.8 Å². The maximum atomic E-state index is 12.4. The van der Waals surface area contributed by atoms with E-state index < -0.39 is 0 Å². The zero-order valence-corrected chi connectivity index (χ0v) is 13.4. The highest BCUT2D eigenvalue weighted by Gasteiger charge is 2.18. The first-order valence-corrected chi connectivity index (χ1v) is 8.62. The second kappa shape index (κ2) is 5.99. The van der Waals surface area contributed by atoms with Gasteiger partial charge in [0.05, 0.1) is 10.6 Å². The van der Waals surface area contributed by atoms with E-state index in [9.17, 15) is 4.79 Å². The van der Waals surface area contributed by atoms with Crippen LogP contribution in [0, 0.1) is 6.92 Å². The number of carbonyl (C=O) groups is 1. The Bertz CT molecular complexity index is 682. The van der Waals surface area contributed by atoms with Crippen LogP contribution in [0.25, 0.3) is 0 Å². The van der Waals surface area contributed by atoms with E-state index in [4.69, 9.17) is 9.47 Å². The molecule has 110 valence electrons. The average molecular weight is 321 g/mol. The molecule has 0 saturated carbocycles. The van der Waals surface area contributed by atoms with Gasteiger partial charge >= 0.3 is 0 Å². The first-order valence-electron chi connectivity index (χ1n) is 6.52. The summed E-state index contributed by atoms with van der Waals surface area (Å²) in [5.74, 6) is 1.32. The van der Waals surface area contributed by atoms with Crippen molar-refractivity contribution in [3.8, 4) is 11.5 Å². The van der Waals surface area contributed by atoms with Gasteiger partial charge in [-0.2, -0.15) is 0 Å².